The van der Waals surface area contributed by atoms with Gasteiger partial charge in [0.2, 0.25) is 0 Å². The van der Waals surface area contributed by atoms with E-state index in [1.807, 2.05) is 12.1 Å². The number of aliphatic hydroxyl groups is 1. The van der Waals surface area contributed by atoms with Crippen LogP contribution in [0.1, 0.15) is 84.6 Å². The molecule has 2 aliphatic rings. The molecule has 36 heavy (non-hydrogen) atoms. The van der Waals surface area contributed by atoms with Gasteiger partial charge in [-0.15, -0.1) is 0 Å². The van der Waals surface area contributed by atoms with Gasteiger partial charge in [-0.25, -0.2) is 0 Å². The molecule has 3 heteroatoms. The van der Waals surface area contributed by atoms with E-state index in [-0.39, 0.29) is 28.6 Å². The monoisotopic (exact) mass is 504 g/mol. The summed E-state index contributed by atoms with van der Waals surface area (Å²) in [7, 11) is -1.95. The minimum absolute atomic E-state index is 0.0381. The van der Waals surface area contributed by atoms with Crippen molar-refractivity contribution < 1.29 is 9.53 Å². The molecule has 196 valence electrons. The molecular formula is C33H48O2Si. The van der Waals surface area contributed by atoms with Crippen LogP contribution in [0, 0.1) is 22.7 Å². The van der Waals surface area contributed by atoms with Crippen LogP contribution in [0.3, 0.4) is 0 Å². The summed E-state index contributed by atoms with van der Waals surface area (Å²) in [6.07, 6.45) is 20.4. The number of rotatable bonds is 8. The first kappa shape index (κ1) is 28.7. The molecular weight excluding hydrogens is 456 g/mol. The molecule has 1 N–H and O–H groups in total. The van der Waals surface area contributed by atoms with Crippen molar-refractivity contribution >= 4 is 8.32 Å². The largest absolute Gasteiger partial charge is 0.410 e. The minimum Gasteiger partial charge on any atom is -0.410 e. The normalized spacial score (nSPS) is 24.5. The molecule has 0 saturated heterocycles. The van der Waals surface area contributed by atoms with E-state index in [0.717, 1.165) is 24.8 Å². The Bertz CT molecular complexity index is 996. The first-order chi connectivity index (χ1) is 17.0. The van der Waals surface area contributed by atoms with E-state index in [1.165, 1.54) is 37.7 Å². The van der Waals surface area contributed by atoms with Crippen molar-refractivity contribution in [3.63, 3.8) is 0 Å². The average Bonchev–Trinajstić information content (AvgIpc) is 2.79. The summed E-state index contributed by atoms with van der Waals surface area (Å²) in [6.45, 7) is 14.1. The second-order valence-corrected chi connectivity index (χ2v) is 17.4. The van der Waals surface area contributed by atoms with Gasteiger partial charge in [-0.2, -0.15) is 0 Å². The van der Waals surface area contributed by atoms with Gasteiger partial charge in [-0.1, -0.05) is 107 Å². The number of benzene rings is 1. The van der Waals surface area contributed by atoms with Crippen LogP contribution in [0.25, 0.3) is 0 Å². The molecule has 0 amide bonds. The molecule has 0 aromatic heterocycles. The Morgan fingerprint density at radius 1 is 1.06 bits per heavy atom. The molecule has 2 aliphatic carbocycles. The van der Waals surface area contributed by atoms with Gasteiger partial charge in [0.05, 0.1) is 12.7 Å². The Kier molecular flexibility index (Phi) is 9.66. The van der Waals surface area contributed by atoms with Crippen molar-refractivity contribution in [3.05, 3.63) is 71.8 Å². The fraction of sp³-hybridized carbons (Fsp3) is 0.576. The van der Waals surface area contributed by atoms with Crippen LogP contribution in [0.5, 0.6) is 0 Å². The zero-order chi connectivity index (χ0) is 26.3. The number of allylic oxidation sites excluding steroid dienone is 4. The van der Waals surface area contributed by atoms with E-state index in [9.17, 15) is 5.11 Å². The second kappa shape index (κ2) is 12.1. The van der Waals surface area contributed by atoms with E-state index < -0.39 is 8.32 Å². The van der Waals surface area contributed by atoms with E-state index in [1.54, 1.807) is 0 Å². The van der Waals surface area contributed by atoms with Crippen molar-refractivity contribution in [3.8, 4) is 11.8 Å². The Hall–Kier alpha value is -1.86. The van der Waals surface area contributed by atoms with Gasteiger partial charge in [0.15, 0.2) is 8.32 Å². The fourth-order valence-electron chi connectivity index (χ4n) is 5.22. The molecule has 2 nitrogen and oxygen atoms in total. The average molecular weight is 505 g/mol. The van der Waals surface area contributed by atoms with Crippen LogP contribution in [0.4, 0.5) is 0 Å². The van der Waals surface area contributed by atoms with Gasteiger partial charge in [0, 0.05) is 22.8 Å². The zero-order valence-corrected chi connectivity index (χ0v) is 24.6. The smallest absolute Gasteiger partial charge is 0.192 e. The second-order valence-electron chi connectivity index (χ2n) is 12.6. The van der Waals surface area contributed by atoms with Crippen molar-refractivity contribution in [2.75, 3.05) is 6.61 Å². The molecule has 2 fully saturated rings. The summed E-state index contributed by atoms with van der Waals surface area (Å²) in [5.41, 5.74) is 2.59. The van der Waals surface area contributed by atoms with Gasteiger partial charge < -0.3 is 9.53 Å². The highest BCUT2D eigenvalue weighted by Gasteiger charge is 2.48. The number of hydrogen-bond donors (Lipinski definition) is 1. The highest BCUT2D eigenvalue weighted by molar-refractivity contribution is 6.74. The topological polar surface area (TPSA) is 29.5 Å². The predicted octanol–water partition coefficient (Wildman–Crippen LogP) is 8.60. The lowest BCUT2D eigenvalue weighted by Gasteiger charge is -2.50. The Balaban J connectivity index is 1.84. The molecule has 0 unspecified atom stereocenters. The maximum atomic E-state index is 9.50. The first-order valence-corrected chi connectivity index (χ1v) is 16.8. The molecule has 1 aromatic rings. The van der Waals surface area contributed by atoms with Gasteiger partial charge >= 0.3 is 0 Å². The van der Waals surface area contributed by atoms with Crippen LogP contribution in [0.2, 0.25) is 18.1 Å². The van der Waals surface area contributed by atoms with E-state index in [0.29, 0.717) is 0 Å². The molecule has 0 radical (unpaired) electrons. The standard InChI is InChI=1S/C33H48O2Si/c1-31(2,3)36(5,6)35-30(20-11-13-23-32(4)22-12-10-19-29(32)21-27-34)33(25-15-26-33)24-14-18-28-16-8-7-9-17-28/h7-9,11,13,16-17,20-21,23,30,34H,10,12,15,19,22,24-27H2,1-6H3/b20-11+,23-13+,29-21+/t30-,32-/m0/s1. The van der Waals surface area contributed by atoms with Crippen LogP contribution in [-0.4, -0.2) is 26.1 Å². The molecule has 0 bridgehead atoms. The van der Waals surface area contributed by atoms with Crippen LogP contribution >= 0.6 is 0 Å². The third kappa shape index (κ3) is 7.12. The lowest BCUT2D eigenvalue weighted by molar-refractivity contribution is 0.00682. The Morgan fingerprint density at radius 3 is 2.39 bits per heavy atom. The summed E-state index contributed by atoms with van der Waals surface area (Å²) in [6, 6.07) is 10.3. The third-order valence-electron chi connectivity index (χ3n) is 8.95. The summed E-state index contributed by atoms with van der Waals surface area (Å²) in [4.78, 5) is 0. The van der Waals surface area contributed by atoms with Gasteiger partial charge in [-0.05, 0) is 62.4 Å². The zero-order valence-electron chi connectivity index (χ0n) is 23.6. The van der Waals surface area contributed by atoms with Crippen molar-refractivity contribution in [1.82, 2.24) is 0 Å². The predicted molar refractivity (Wildman–Crippen MR) is 156 cm³/mol. The minimum atomic E-state index is -1.95. The molecule has 1 aromatic carbocycles. The lowest BCUT2D eigenvalue weighted by Crippen LogP contribution is -2.50. The van der Waals surface area contributed by atoms with E-state index in [2.05, 4.69) is 101 Å². The third-order valence-corrected chi connectivity index (χ3v) is 13.4. The molecule has 3 rings (SSSR count). The van der Waals surface area contributed by atoms with Gasteiger partial charge in [-0.3, -0.25) is 0 Å². The number of hydrogen-bond acceptors (Lipinski definition) is 2. The SMILES string of the molecule is CC(C)(C)[Si](C)(C)O[C@@H](/C=C/C=C/[C@]1(C)CCCC/C1=C\CO)C1(CC#Cc2ccccc2)CCC1. The van der Waals surface area contributed by atoms with Crippen LogP contribution in [-0.2, 0) is 4.43 Å². The van der Waals surface area contributed by atoms with Gasteiger partial charge in [0.1, 0.15) is 0 Å². The first-order valence-electron chi connectivity index (χ1n) is 13.9. The van der Waals surface area contributed by atoms with Crippen LogP contribution < -0.4 is 0 Å². The molecule has 2 atom stereocenters. The summed E-state index contributed by atoms with van der Waals surface area (Å²) in [5, 5.41) is 9.66. The van der Waals surface area contributed by atoms with Gasteiger partial charge in [0.25, 0.3) is 0 Å². The van der Waals surface area contributed by atoms with Crippen molar-refractivity contribution in [1.29, 1.82) is 0 Å². The fourth-order valence-corrected chi connectivity index (χ4v) is 6.54. The lowest BCUT2D eigenvalue weighted by atomic mass is 9.63. The quantitative estimate of drug-likeness (QED) is 0.166. The van der Waals surface area contributed by atoms with E-state index in [4.69, 9.17) is 4.43 Å². The summed E-state index contributed by atoms with van der Waals surface area (Å²) < 4.78 is 7.10. The van der Waals surface area contributed by atoms with E-state index >= 15 is 0 Å². The van der Waals surface area contributed by atoms with Crippen molar-refractivity contribution in [2.24, 2.45) is 10.8 Å². The molecule has 0 aliphatic heterocycles. The van der Waals surface area contributed by atoms with Crippen molar-refractivity contribution in [2.45, 2.75) is 103 Å². The Labute approximate surface area is 222 Å². The molecule has 2 saturated carbocycles. The summed E-state index contributed by atoms with van der Waals surface area (Å²) >= 11 is 0. The maximum absolute atomic E-state index is 9.50. The van der Waals surface area contributed by atoms with Crippen LogP contribution in [0.15, 0.2) is 66.3 Å². The summed E-state index contributed by atoms with van der Waals surface area (Å²) in [5.74, 6) is 6.91. The molecule has 0 heterocycles. The maximum Gasteiger partial charge on any atom is 0.192 e. The number of aliphatic hydroxyl groups excluding tert-OH is 1. The highest BCUT2D eigenvalue weighted by atomic mass is 28.4. The molecule has 0 spiro atoms. The Morgan fingerprint density at radius 2 is 1.78 bits per heavy atom. The highest BCUT2D eigenvalue weighted by Crippen LogP contribution is 2.51.